The molecule has 0 atom stereocenters. The fourth-order valence-corrected chi connectivity index (χ4v) is 4.20. The number of rotatable bonds is 4. The second-order valence-electron chi connectivity index (χ2n) is 6.37. The zero-order valence-electron chi connectivity index (χ0n) is 16.4. The van der Waals surface area contributed by atoms with Gasteiger partial charge in [-0.3, -0.25) is 9.69 Å². The first-order valence-corrected chi connectivity index (χ1v) is 10.2. The maximum atomic E-state index is 12.7. The molecular formula is C21H21BrN2O3S. The average Bonchev–Trinajstić information content (AvgIpc) is 2.93. The van der Waals surface area contributed by atoms with Gasteiger partial charge in [-0.2, -0.15) is 0 Å². The van der Waals surface area contributed by atoms with Gasteiger partial charge in [-0.15, -0.1) is 0 Å². The van der Waals surface area contributed by atoms with Gasteiger partial charge in [-0.05, 0) is 76.9 Å². The third kappa shape index (κ3) is 4.10. The summed E-state index contributed by atoms with van der Waals surface area (Å²) in [6.07, 6.45) is 1.81. The number of hydrogen-bond donors (Lipinski definition) is 0. The lowest BCUT2D eigenvalue weighted by Crippen LogP contribution is -2.23. The summed E-state index contributed by atoms with van der Waals surface area (Å²) in [5, 5.41) is 0.644. The van der Waals surface area contributed by atoms with Crippen LogP contribution in [0.3, 0.4) is 0 Å². The van der Waals surface area contributed by atoms with E-state index in [2.05, 4.69) is 34.8 Å². The second kappa shape index (κ2) is 8.41. The highest BCUT2D eigenvalue weighted by Crippen LogP contribution is 2.38. The van der Waals surface area contributed by atoms with E-state index >= 15 is 0 Å². The maximum absolute atomic E-state index is 12.7. The van der Waals surface area contributed by atoms with Gasteiger partial charge in [-0.1, -0.05) is 6.07 Å². The van der Waals surface area contributed by atoms with E-state index < -0.39 is 0 Å². The maximum Gasteiger partial charge on any atom is 0.266 e. The quantitative estimate of drug-likeness (QED) is 0.579. The number of aliphatic imine (C=N–C) groups is 1. The van der Waals surface area contributed by atoms with Crippen LogP contribution >= 0.6 is 27.7 Å². The topological polar surface area (TPSA) is 51.1 Å². The zero-order chi connectivity index (χ0) is 20.4. The molecule has 0 N–H and O–H groups in total. The lowest BCUT2D eigenvalue weighted by Gasteiger charge is -2.10. The summed E-state index contributed by atoms with van der Waals surface area (Å²) in [6, 6.07) is 9.67. The Kier molecular flexibility index (Phi) is 6.15. The summed E-state index contributed by atoms with van der Waals surface area (Å²) in [6.45, 7) is 4.11. The molecule has 0 spiro atoms. The highest BCUT2D eigenvalue weighted by atomic mass is 79.9. The first-order chi connectivity index (χ1) is 13.3. The van der Waals surface area contributed by atoms with Crippen LogP contribution in [0.15, 0.2) is 44.7 Å². The van der Waals surface area contributed by atoms with Crippen LogP contribution in [0.5, 0.6) is 11.5 Å². The minimum Gasteiger partial charge on any atom is -0.496 e. The second-order valence-corrected chi connectivity index (χ2v) is 8.23. The van der Waals surface area contributed by atoms with Crippen LogP contribution in [0.1, 0.15) is 16.7 Å². The van der Waals surface area contributed by atoms with Gasteiger partial charge in [0.05, 0.1) is 29.3 Å². The molecule has 1 saturated heterocycles. The SMILES string of the molecule is COc1cc(OC)c(/C=C2\SC(=Nc3ccc(C)c(C)c3)N(C)C2=O)cc1Br. The van der Waals surface area contributed by atoms with E-state index in [9.17, 15) is 4.79 Å². The van der Waals surface area contributed by atoms with Crippen molar-refractivity contribution in [3.63, 3.8) is 0 Å². The molecule has 1 amide bonds. The van der Waals surface area contributed by atoms with Gasteiger partial charge < -0.3 is 9.47 Å². The van der Waals surface area contributed by atoms with Gasteiger partial charge in [0, 0.05) is 18.7 Å². The highest BCUT2D eigenvalue weighted by molar-refractivity contribution is 9.10. The van der Waals surface area contributed by atoms with Gasteiger partial charge >= 0.3 is 0 Å². The molecule has 7 heteroatoms. The molecule has 0 saturated carbocycles. The lowest BCUT2D eigenvalue weighted by atomic mass is 10.1. The van der Waals surface area contributed by atoms with Crippen LogP contribution in [-0.4, -0.2) is 37.2 Å². The average molecular weight is 461 g/mol. The molecular weight excluding hydrogens is 440 g/mol. The molecule has 1 aliphatic heterocycles. The summed E-state index contributed by atoms with van der Waals surface area (Å²) in [5.41, 5.74) is 4.00. The summed E-state index contributed by atoms with van der Waals surface area (Å²) >= 11 is 4.83. The van der Waals surface area contributed by atoms with Crippen molar-refractivity contribution in [2.75, 3.05) is 21.3 Å². The van der Waals surface area contributed by atoms with E-state index in [1.54, 1.807) is 32.2 Å². The molecule has 3 rings (SSSR count). The Morgan fingerprint density at radius 2 is 1.79 bits per heavy atom. The predicted octanol–water partition coefficient (Wildman–Crippen LogP) is 5.32. The van der Waals surface area contributed by atoms with E-state index in [-0.39, 0.29) is 5.91 Å². The van der Waals surface area contributed by atoms with Crippen LogP contribution in [0.2, 0.25) is 0 Å². The lowest BCUT2D eigenvalue weighted by molar-refractivity contribution is -0.121. The van der Waals surface area contributed by atoms with Gasteiger partial charge in [0.1, 0.15) is 11.5 Å². The largest absolute Gasteiger partial charge is 0.496 e. The summed E-state index contributed by atoms with van der Waals surface area (Å²) in [5.74, 6) is 1.20. The van der Waals surface area contributed by atoms with Crippen molar-refractivity contribution < 1.29 is 14.3 Å². The normalized spacial score (nSPS) is 16.9. The number of carbonyl (C=O) groups is 1. The van der Waals surface area contributed by atoms with Gasteiger partial charge in [0.2, 0.25) is 0 Å². The Bertz CT molecular complexity index is 1000. The van der Waals surface area contributed by atoms with Gasteiger partial charge in [0.25, 0.3) is 5.91 Å². The van der Waals surface area contributed by atoms with Crippen molar-refractivity contribution >= 4 is 50.5 Å². The Morgan fingerprint density at radius 1 is 1.07 bits per heavy atom. The smallest absolute Gasteiger partial charge is 0.266 e. The van der Waals surface area contributed by atoms with E-state index in [0.29, 0.717) is 21.6 Å². The number of likely N-dealkylation sites (N-methyl/N-ethyl adjacent to an activating group) is 1. The Hall–Kier alpha value is -2.25. The number of amides is 1. The Balaban J connectivity index is 1.96. The number of thioether (sulfide) groups is 1. The molecule has 1 heterocycles. The first-order valence-electron chi connectivity index (χ1n) is 8.59. The monoisotopic (exact) mass is 460 g/mol. The number of methoxy groups -OCH3 is 2. The summed E-state index contributed by atoms with van der Waals surface area (Å²) < 4.78 is 11.5. The van der Waals surface area contributed by atoms with Crippen LogP contribution in [0.4, 0.5) is 5.69 Å². The first kappa shape index (κ1) is 20.5. The number of ether oxygens (including phenoxy) is 2. The zero-order valence-corrected chi connectivity index (χ0v) is 18.8. The molecule has 28 heavy (non-hydrogen) atoms. The van der Waals surface area contributed by atoms with Crippen molar-refractivity contribution in [2.45, 2.75) is 13.8 Å². The minimum absolute atomic E-state index is 0.0958. The summed E-state index contributed by atoms with van der Waals surface area (Å²) in [4.78, 5) is 19.5. The molecule has 0 unspecified atom stereocenters. The van der Waals surface area contributed by atoms with Gasteiger partial charge in [0.15, 0.2) is 5.17 Å². The molecule has 1 fully saturated rings. The fourth-order valence-electron chi connectivity index (χ4n) is 2.69. The van der Waals surface area contributed by atoms with Crippen LogP contribution in [-0.2, 0) is 4.79 Å². The molecule has 2 aromatic carbocycles. The molecule has 146 valence electrons. The predicted molar refractivity (Wildman–Crippen MR) is 119 cm³/mol. The summed E-state index contributed by atoms with van der Waals surface area (Å²) in [7, 11) is 4.92. The van der Waals surface area contributed by atoms with E-state index in [4.69, 9.17) is 9.47 Å². The van der Waals surface area contributed by atoms with Crippen molar-refractivity contribution in [2.24, 2.45) is 4.99 Å². The third-order valence-electron chi connectivity index (χ3n) is 4.51. The van der Waals surface area contributed by atoms with E-state index in [1.165, 1.54) is 22.9 Å². The number of hydrogen-bond acceptors (Lipinski definition) is 5. The van der Waals surface area contributed by atoms with Gasteiger partial charge in [-0.25, -0.2) is 4.99 Å². The molecule has 2 aromatic rings. The third-order valence-corrected chi connectivity index (χ3v) is 6.19. The number of amidine groups is 1. The molecule has 0 radical (unpaired) electrons. The van der Waals surface area contributed by atoms with Crippen molar-refractivity contribution in [1.29, 1.82) is 0 Å². The molecule has 0 bridgehead atoms. The molecule has 5 nitrogen and oxygen atoms in total. The Labute approximate surface area is 177 Å². The highest BCUT2D eigenvalue weighted by Gasteiger charge is 2.30. The molecule has 1 aliphatic rings. The van der Waals surface area contributed by atoms with Crippen LogP contribution < -0.4 is 9.47 Å². The van der Waals surface area contributed by atoms with Crippen molar-refractivity contribution in [3.05, 3.63) is 56.4 Å². The molecule has 0 aromatic heterocycles. The number of benzene rings is 2. The van der Waals surface area contributed by atoms with Crippen LogP contribution in [0, 0.1) is 13.8 Å². The van der Waals surface area contributed by atoms with E-state index in [0.717, 1.165) is 15.7 Å². The minimum atomic E-state index is -0.0958. The van der Waals surface area contributed by atoms with Crippen LogP contribution in [0.25, 0.3) is 6.08 Å². The van der Waals surface area contributed by atoms with Crippen molar-refractivity contribution in [1.82, 2.24) is 4.90 Å². The Morgan fingerprint density at radius 3 is 2.43 bits per heavy atom. The van der Waals surface area contributed by atoms with E-state index in [1.807, 2.05) is 30.3 Å². The number of nitrogens with zero attached hydrogens (tertiary/aromatic N) is 2. The number of halogens is 1. The molecule has 0 aliphatic carbocycles. The van der Waals surface area contributed by atoms with Crippen molar-refractivity contribution in [3.8, 4) is 11.5 Å². The standard InChI is InChI=1S/C21H21BrN2O3S/c1-12-6-7-15(8-13(12)2)23-21-24(3)20(25)19(28-21)10-14-9-16(22)18(27-5)11-17(14)26-4/h6-11H,1-5H3/b19-10-,23-21?. The number of aryl methyl sites for hydroxylation is 2. The fraction of sp³-hybridized carbons (Fsp3) is 0.238. The number of carbonyl (C=O) groups excluding carboxylic acids is 1.